The Morgan fingerprint density at radius 2 is 1.91 bits per heavy atom. The molecular formula is C20H33NO2. The van der Waals surface area contributed by atoms with Crippen LogP contribution in [-0.4, -0.2) is 36.3 Å². The van der Waals surface area contributed by atoms with E-state index < -0.39 is 0 Å². The second-order valence-corrected chi connectivity index (χ2v) is 6.83. The molecule has 0 saturated carbocycles. The number of aliphatic hydroxyl groups is 1. The molecule has 2 rings (SSSR count). The van der Waals surface area contributed by atoms with E-state index in [9.17, 15) is 5.11 Å². The van der Waals surface area contributed by atoms with Crippen LogP contribution >= 0.6 is 0 Å². The van der Waals surface area contributed by atoms with Crippen molar-refractivity contribution in [3.05, 3.63) is 29.8 Å². The van der Waals surface area contributed by atoms with Crippen molar-refractivity contribution in [1.82, 2.24) is 4.90 Å². The summed E-state index contributed by atoms with van der Waals surface area (Å²) in [6.07, 6.45) is 8.73. The van der Waals surface area contributed by atoms with E-state index in [4.69, 9.17) is 4.74 Å². The largest absolute Gasteiger partial charge is 0.494 e. The van der Waals surface area contributed by atoms with Crippen LogP contribution in [0.15, 0.2) is 24.3 Å². The number of nitrogens with zero attached hydrogens (tertiary/aromatic N) is 1. The molecule has 0 bridgehead atoms. The maximum absolute atomic E-state index is 9.32. The predicted octanol–water partition coefficient (Wildman–Crippen LogP) is 4.24. The molecule has 1 N–H and O–H groups in total. The fraction of sp³-hybridized carbons (Fsp3) is 0.700. The lowest BCUT2D eigenvalue weighted by Crippen LogP contribution is -2.36. The number of hydrogen-bond donors (Lipinski definition) is 1. The third kappa shape index (κ3) is 6.92. The van der Waals surface area contributed by atoms with Crippen LogP contribution in [0.2, 0.25) is 0 Å². The highest BCUT2D eigenvalue weighted by Gasteiger charge is 2.18. The summed E-state index contributed by atoms with van der Waals surface area (Å²) in [4.78, 5) is 2.45. The molecule has 23 heavy (non-hydrogen) atoms. The van der Waals surface area contributed by atoms with Gasteiger partial charge in [-0.1, -0.05) is 44.7 Å². The van der Waals surface area contributed by atoms with Crippen LogP contribution in [0.25, 0.3) is 0 Å². The van der Waals surface area contributed by atoms with E-state index in [1.165, 1.54) is 37.7 Å². The first-order valence-corrected chi connectivity index (χ1v) is 9.36. The van der Waals surface area contributed by atoms with E-state index in [1.807, 2.05) is 0 Å². The van der Waals surface area contributed by atoms with Crippen LogP contribution in [0.5, 0.6) is 5.75 Å². The summed E-state index contributed by atoms with van der Waals surface area (Å²) in [5.74, 6) is 1.44. The maximum Gasteiger partial charge on any atom is 0.119 e. The molecule has 1 aliphatic heterocycles. The van der Waals surface area contributed by atoms with Crippen molar-refractivity contribution < 1.29 is 9.84 Å². The summed E-state index contributed by atoms with van der Waals surface area (Å²) >= 11 is 0. The normalized spacial score (nSPS) is 19.0. The Morgan fingerprint density at radius 3 is 2.65 bits per heavy atom. The zero-order valence-corrected chi connectivity index (χ0v) is 14.7. The monoisotopic (exact) mass is 319 g/mol. The van der Waals surface area contributed by atoms with E-state index >= 15 is 0 Å². The summed E-state index contributed by atoms with van der Waals surface area (Å²) in [7, 11) is 0. The number of unbranched alkanes of at least 4 members (excludes halogenated alkanes) is 4. The molecule has 1 aliphatic rings. The lowest BCUT2D eigenvalue weighted by Gasteiger charge is -2.31. The van der Waals surface area contributed by atoms with E-state index in [1.54, 1.807) is 0 Å². The number of benzene rings is 1. The lowest BCUT2D eigenvalue weighted by atomic mass is 9.98. The molecule has 1 atom stereocenters. The molecule has 0 aromatic heterocycles. The average Bonchev–Trinajstić information content (AvgIpc) is 2.59. The number of piperidine rings is 1. The van der Waals surface area contributed by atoms with Crippen LogP contribution in [0, 0.1) is 5.92 Å². The first-order chi connectivity index (χ1) is 11.3. The van der Waals surface area contributed by atoms with Gasteiger partial charge in [-0.3, -0.25) is 4.90 Å². The number of hydrogen-bond acceptors (Lipinski definition) is 3. The Balaban J connectivity index is 1.67. The van der Waals surface area contributed by atoms with Crippen molar-refractivity contribution in [3.63, 3.8) is 0 Å². The molecule has 3 heteroatoms. The number of ether oxygens (including phenoxy) is 1. The highest BCUT2D eigenvalue weighted by molar-refractivity contribution is 5.27. The van der Waals surface area contributed by atoms with Gasteiger partial charge in [0.2, 0.25) is 0 Å². The van der Waals surface area contributed by atoms with Gasteiger partial charge < -0.3 is 9.84 Å². The minimum atomic E-state index is 0.321. The fourth-order valence-electron chi connectivity index (χ4n) is 3.29. The zero-order chi connectivity index (χ0) is 16.3. The van der Waals surface area contributed by atoms with Crippen molar-refractivity contribution in [1.29, 1.82) is 0 Å². The van der Waals surface area contributed by atoms with Crippen molar-refractivity contribution >= 4 is 0 Å². The Hall–Kier alpha value is -1.06. The Labute approximate surface area is 141 Å². The summed E-state index contributed by atoms with van der Waals surface area (Å²) in [5, 5.41) is 9.32. The second-order valence-electron chi connectivity index (χ2n) is 6.83. The number of aliphatic hydroxyl groups excluding tert-OH is 1. The molecule has 0 spiro atoms. The number of likely N-dealkylation sites (tertiary alicyclic amines) is 1. The van der Waals surface area contributed by atoms with Gasteiger partial charge in [-0.25, -0.2) is 0 Å². The summed E-state index contributed by atoms with van der Waals surface area (Å²) in [6.45, 7) is 6.54. The summed E-state index contributed by atoms with van der Waals surface area (Å²) in [5.41, 5.74) is 1.33. The molecule has 1 saturated heterocycles. The highest BCUT2D eigenvalue weighted by Crippen LogP contribution is 2.19. The standard InChI is InChI=1S/C20H33NO2/c1-2-3-4-5-6-14-23-20-11-9-18(10-12-20)15-21-13-7-8-19(16-21)17-22/h9-12,19,22H,2-8,13-17H2,1H3. The fourth-order valence-corrected chi connectivity index (χ4v) is 3.29. The smallest absolute Gasteiger partial charge is 0.119 e. The third-order valence-electron chi connectivity index (χ3n) is 4.71. The highest BCUT2D eigenvalue weighted by atomic mass is 16.5. The van der Waals surface area contributed by atoms with E-state index in [-0.39, 0.29) is 0 Å². The molecule has 3 nitrogen and oxygen atoms in total. The van der Waals surface area contributed by atoms with E-state index in [2.05, 4.69) is 36.1 Å². The van der Waals surface area contributed by atoms with E-state index in [0.29, 0.717) is 12.5 Å². The quantitative estimate of drug-likeness (QED) is 0.655. The van der Waals surface area contributed by atoms with Gasteiger partial charge in [0.25, 0.3) is 0 Å². The van der Waals surface area contributed by atoms with Gasteiger partial charge in [0.15, 0.2) is 0 Å². The molecule has 0 aliphatic carbocycles. The summed E-state index contributed by atoms with van der Waals surface area (Å²) < 4.78 is 5.82. The Morgan fingerprint density at radius 1 is 1.13 bits per heavy atom. The van der Waals surface area contributed by atoms with Gasteiger partial charge in [-0.15, -0.1) is 0 Å². The Kier molecular flexibility index (Phi) is 8.48. The van der Waals surface area contributed by atoms with Crippen molar-refractivity contribution in [3.8, 4) is 5.75 Å². The van der Waals surface area contributed by atoms with Gasteiger partial charge in [0.1, 0.15) is 5.75 Å². The second kappa shape index (κ2) is 10.7. The van der Waals surface area contributed by atoms with Crippen LogP contribution in [0.3, 0.4) is 0 Å². The van der Waals surface area contributed by atoms with Crippen molar-refractivity contribution in [2.75, 3.05) is 26.3 Å². The van der Waals surface area contributed by atoms with Gasteiger partial charge in [-0.05, 0) is 49.4 Å². The molecule has 1 aromatic carbocycles. The zero-order valence-electron chi connectivity index (χ0n) is 14.7. The molecule has 130 valence electrons. The molecule has 0 radical (unpaired) electrons. The third-order valence-corrected chi connectivity index (χ3v) is 4.71. The van der Waals surface area contributed by atoms with Crippen molar-refractivity contribution in [2.45, 2.75) is 58.4 Å². The lowest BCUT2D eigenvalue weighted by molar-refractivity contribution is 0.116. The van der Waals surface area contributed by atoms with Gasteiger partial charge >= 0.3 is 0 Å². The summed E-state index contributed by atoms with van der Waals surface area (Å²) in [6, 6.07) is 8.54. The van der Waals surface area contributed by atoms with Crippen LogP contribution < -0.4 is 4.74 Å². The van der Waals surface area contributed by atoms with Gasteiger partial charge in [-0.2, -0.15) is 0 Å². The minimum absolute atomic E-state index is 0.321. The maximum atomic E-state index is 9.32. The average molecular weight is 319 g/mol. The molecular weight excluding hydrogens is 286 g/mol. The predicted molar refractivity (Wildman–Crippen MR) is 95.8 cm³/mol. The van der Waals surface area contributed by atoms with Crippen LogP contribution in [0.4, 0.5) is 0 Å². The van der Waals surface area contributed by atoms with Crippen LogP contribution in [-0.2, 0) is 6.54 Å². The van der Waals surface area contributed by atoms with Gasteiger partial charge in [0.05, 0.1) is 6.61 Å². The molecule has 0 amide bonds. The van der Waals surface area contributed by atoms with E-state index in [0.717, 1.165) is 44.8 Å². The first kappa shape index (κ1) is 18.3. The molecule has 1 heterocycles. The SMILES string of the molecule is CCCCCCCOc1ccc(CN2CCCC(CO)C2)cc1. The van der Waals surface area contributed by atoms with Gasteiger partial charge in [0, 0.05) is 19.7 Å². The number of rotatable bonds is 10. The Bertz CT molecular complexity index is 418. The minimum Gasteiger partial charge on any atom is -0.494 e. The topological polar surface area (TPSA) is 32.7 Å². The first-order valence-electron chi connectivity index (χ1n) is 9.36. The molecule has 1 aromatic rings. The van der Waals surface area contributed by atoms with Crippen LogP contribution in [0.1, 0.15) is 57.4 Å². The molecule has 1 fully saturated rings. The van der Waals surface area contributed by atoms with Crippen molar-refractivity contribution in [2.24, 2.45) is 5.92 Å². The molecule has 1 unspecified atom stereocenters.